The molecular formula is C20H24N2O4S. The molecule has 1 aliphatic rings. The minimum absolute atomic E-state index is 0.0569. The van der Waals surface area contributed by atoms with Crippen molar-refractivity contribution in [2.45, 2.75) is 11.8 Å². The van der Waals surface area contributed by atoms with Crippen LogP contribution in [0, 0.1) is 6.92 Å². The average Bonchev–Trinajstić information content (AvgIpc) is 2.69. The van der Waals surface area contributed by atoms with Gasteiger partial charge in [-0.2, -0.15) is 4.31 Å². The zero-order valence-corrected chi connectivity index (χ0v) is 16.4. The third kappa shape index (κ3) is 4.55. The smallest absolute Gasteiger partial charge is 0.243 e. The third-order valence-corrected chi connectivity index (χ3v) is 6.68. The number of ether oxygens (including phenoxy) is 1. The molecule has 0 aliphatic carbocycles. The highest BCUT2D eigenvalue weighted by molar-refractivity contribution is 7.89. The molecule has 0 radical (unpaired) electrons. The predicted octanol–water partition coefficient (Wildman–Crippen LogP) is 2.19. The number of benzene rings is 2. The maximum Gasteiger partial charge on any atom is 0.243 e. The highest BCUT2D eigenvalue weighted by Crippen LogP contribution is 2.20. The van der Waals surface area contributed by atoms with E-state index < -0.39 is 10.0 Å². The number of nitrogens with zero attached hydrogens (tertiary/aromatic N) is 2. The van der Waals surface area contributed by atoms with Crippen molar-refractivity contribution in [3.05, 3.63) is 59.7 Å². The van der Waals surface area contributed by atoms with Crippen LogP contribution in [0.3, 0.4) is 0 Å². The quantitative estimate of drug-likeness (QED) is 0.710. The number of Topliss-reactive ketones (excluding diaryl/α,β-unsaturated/α-hetero) is 1. The number of methoxy groups -OCH3 is 1. The lowest BCUT2D eigenvalue weighted by Gasteiger charge is -2.33. The van der Waals surface area contributed by atoms with Crippen LogP contribution in [0.4, 0.5) is 0 Å². The Morgan fingerprint density at radius 1 is 0.963 bits per heavy atom. The van der Waals surface area contributed by atoms with Gasteiger partial charge in [-0.15, -0.1) is 0 Å². The first-order valence-electron chi connectivity index (χ1n) is 8.86. The van der Waals surface area contributed by atoms with Crippen molar-refractivity contribution in [2.75, 3.05) is 39.8 Å². The topological polar surface area (TPSA) is 66.9 Å². The molecule has 7 heteroatoms. The van der Waals surface area contributed by atoms with Crippen molar-refractivity contribution in [3.8, 4) is 5.75 Å². The summed E-state index contributed by atoms with van der Waals surface area (Å²) in [5, 5.41) is 0. The zero-order valence-electron chi connectivity index (χ0n) is 15.6. The lowest BCUT2D eigenvalue weighted by molar-refractivity contribution is 0.0901. The van der Waals surface area contributed by atoms with Crippen molar-refractivity contribution in [1.82, 2.24) is 9.21 Å². The summed E-state index contributed by atoms with van der Waals surface area (Å²) in [7, 11) is -1.99. The molecular weight excluding hydrogens is 364 g/mol. The fourth-order valence-electron chi connectivity index (χ4n) is 3.06. The van der Waals surface area contributed by atoms with Gasteiger partial charge < -0.3 is 4.74 Å². The first kappa shape index (κ1) is 19.5. The molecule has 0 spiro atoms. The van der Waals surface area contributed by atoms with E-state index in [9.17, 15) is 13.2 Å². The number of hydrogen-bond donors (Lipinski definition) is 0. The number of sulfonamides is 1. The Morgan fingerprint density at radius 3 is 2.11 bits per heavy atom. The average molecular weight is 388 g/mol. The summed E-state index contributed by atoms with van der Waals surface area (Å²) in [5.41, 5.74) is 1.80. The molecule has 27 heavy (non-hydrogen) atoms. The molecule has 0 atom stereocenters. The van der Waals surface area contributed by atoms with E-state index in [1.807, 2.05) is 36.1 Å². The molecule has 0 aromatic heterocycles. The Labute approximate surface area is 160 Å². The molecule has 0 amide bonds. The first-order chi connectivity index (χ1) is 12.9. The van der Waals surface area contributed by atoms with Crippen LogP contribution >= 0.6 is 0 Å². The van der Waals surface area contributed by atoms with Gasteiger partial charge in [-0.05, 0) is 31.2 Å². The minimum atomic E-state index is -3.53. The largest absolute Gasteiger partial charge is 0.497 e. The Hall–Kier alpha value is -2.22. The van der Waals surface area contributed by atoms with Gasteiger partial charge in [0.2, 0.25) is 10.0 Å². The van der Waals surface area contributed by atoms with Gasteiger partial charge in [-0.1, -0.05) is 29.8 Å². The summed E-state index contributed by atoms with van der Waals surface area (Å²) in [6, 6.07) is 13.9. The van der Waals surface area contributed by atoms with E-state index in [2.05, 4.69) is 0 Å². The number of carbonyl (C=O) groups is 1. The standard InChI is InChI=1S/C20H24N2O4S/c1-16-3-5-17(6-4-16)20(23)15-21-11-13-22(14-12-21)27(24,25)19-9-7-18(26-2)8-10-19/h3-10H,11-15H2,1-2H3. The fourth-order valence-corrected chi connectivity index (χ4v) is 4.48. The Bertz CT molecular complexity index is 885. The second kappa shape index (κ2) is 8.21. The number of piperazine rings is 1. The van der Waals surface area contributed by atoms with Crippen LogP contribution in [-0.4, -0.2) is 63.2 Å². The van der Waals surface area contributed by atoms with E-state index in [1.165, 1.54) is 4.31 Å². The Morgan fingerprint density at radius 2 is 1.56 bits per heavy atom. The molecule has 3 rings (SSSR count). The van der Waals surface area contributed by atoms with Crippen LogP contribution in [0.1, 0.15) is 15.9 Å². The molecule has 2 aromatic rings. The fraction of sp³-hybridized carbons (Fsp3) is 0.350. The van der Waals surface area contributed by atoms with Crippen molar-refractivity contribution < 1.29 is 17.9 Å². The molecule has 0 N–H and O–H groups in total. The van der Waals surface area contributed by atoms with E-state index in [1.54, 1.807) is 31.4 Å². The summed E-state index contributed by atoms with van der Waals surface area (Å²) >= 11 is 0. The van der Waals surface area contributed by atoms with Crippen molar-refractivity contribution in [3.63, 3.8) is 0 Å². The molecule has 1 saturated heterocycles. The summed E-state index contributed by atoms with van der Waals surface area (Å²) < 4.78 is 32.1. The van der Waals surface area contributed by atoms with E-state index >= 15 is 0 Å². The maximum absolute atomic E-state index is 12.8. The van der Waals surface area contributed by atoms with E-state index in [0.717, 1.165) is 5.56 Å². The third-order valence-electron chi connectivity index (χ3n) is 4.77. The van der Waals surface area contributed by atoms with Crippen LogP contribution in [0.5, 0.6) is 5.75 Å². The predicted molar refractivity (Wildman–Crippen MR) is 104 cm³/mol. The number of ketones is 1. The second-order valence-corrected chi connectivity index (χ2v) is 8.58. The van der Waals surface area contributed by atoms with Gasteiger partial charge in [-0.25, -0.2) is 8.42 Å². The summed E-state index contributed by atoms with van der Waals surface area (Å²) in [6.45, 7) is 4.10. The van der Waals surface area contributed by atoms with E-state index in [0.29, 0.717) is 44.0 Å². The van der Waals surface area contributed by atoms with Gasteiger partial charge in [0.05, 0.1) is 18.6 Å². The zero-order chi connectivity index (χ0) is 19.4. The molecule has 1 heterocycles. The Balaban J connectivity index is 1.59. The normalized spacial score (nSPS) is 16.2. The van der Waals surface area contributed by atoms with Gasteiger partial charge in [0.1, 0.15) is 5.75 Å². The van der Waals surface area contributed by atoms with Crippen LogP contribution < -0.4 is 4.74 Å². The van der Waals surface area contributed by atoms with Crippen molar-refractivity contribution in [1.29, 1.82) is 0 Å². The number of hydrogen-bond acceptors (Lipinski definition) is 5. The molecule has 0 unspecified atom stereocenters. The molecule has 2 aromatic carbocycles. The SMILES string of the molecule is COc1ccc(S(=O)(=O)N2CCN(CC(=O)c3ccc(C)cc3)CC2)cc1. The molecule has 0 saturated carbocycles. The summed E-state index contributed by atoms with van der Waals surface area (Å²) in [6.07, 6.45) is 0. The lowest BCUT2D eigenvalue weighted by atomic mass is 10.1. The van der Waals surface area contributed by atoms with Gasteiger partial charge >= 0.3 is 0 Å². The number of rotatable bonds is 6. The second-order valence-electron chi connectivity index (χ2n) is 6.64. The highest BCUT2D eigenvalue weighted by Gasteiger charge is 2.29. The van der Waals surface area contributed by atoms with Crippen LogP contribution in [0.2, 0.25) is 0 Å². The number of carbonyl (C=O) groups excluding carboxylic acids is 1. The highest BCUT2D eigenvalue weighted by atomic mass is 32.2. The van der Waals surface area contributed by atoms with Gasteiger partial charge in [0.15, 0.2) is 5.78 Å². The van der Waals surface area contributed by atoms with Crippen LogP contribution in [-0.2, 0) is 10.0 Å². The Kier molecular flexibility index (Phi) is 5.94. The first-order valence-corrected chi connectivity index (χ1v) is 10.3. The minimum Gasteiger partial charge on any atom is -0.497 e. The van der Waals surface area contributed by atoms with Crippen LogP contribution in [0.15, 0.2) is 53.4 Å². The summed E-state index contributed by atoms with van der Waals surface area (Å²) in [4.78, 5) is 14.7. The van der Waals surface area contributed by atoms with Crippen LogP contribution in [0.25, 0.3) is 0 Å². The monoisotopic (exact) mass is 388 g/mol. The maximum atomic E-state index is 12.8. The molecule has 1 aliphatic heterocycles. The lowest BCUT2D eigenvalue weighted by Crippen LogP contribution is -2.49. The number of aryl methyl sites for hydroxylation is 1. The molecule has 6 nitrogen and oxygen atoms in total. The van der Waals surface area contributed by atoms with Gasteiger partial charge in [0.25, 0.3) is 0 Å². The van der Waals surface area contributed by atoms with Crippen molar-refractivity contribution >= 4 is 15.8 Å². The molecule has 1 fully saturated rings. The van der Waals surface area contributed by atoms with Crippen molar-refractivity contribution in [2.24, 2.45) is 0 Å². The molecule has 144 valence electrons. The molecule has 0 bridgehead atoms. The summed E-state index contributed by atoms with van der Waals surface area (Å²) in [5.74, 6) is 0.676. The van der Waals surface area contributed by atoms with Gasteiger partial charge in [0, 0.05) is 31.7 Å². The van der Waals surface area contributed by atoms with E-state index in [-0.39, 0.29) is 10.7 Å². The van der Waals surface area contributed by atoms with Gasteiger partial charge in [-0.3, -0.25) is 9.69 Å². The van der Waals surface area contributed by atoms with E-state index in [4.69, 9.17) is 4.74 Å².